The molecule has 204 valence electrons. The highest BCUT2D eigenvalue weighted by atomic mass is 19.3. The first-order valence-corrected chi connectivity index (χ1v) is 13.4. The van der Waals surface area contributed by atoms with Crippen LogP contribution in [0.4, 0.5) is 8.78 Å². The van der Waals surface area contributed by atoms with Gasteiger partial charge in [-0.1, -0.05) is 49.0 Å². The fourth-order valence-electron chi connectivity index (χ4n) is 5.50. The number of benzene rings is 2. The number of phenols is 1. The molecule has 4 rings (SSSR count). The first kappa shape index (κ1) is 27.6. The highest BCUT2D eigenvalue weighted by Crippen LogP contribution is 2.40. The number of hydrogen-bond acceptors (Lipinski definition) is 4. The molecule has 6 nitrogen and oxygen atoms in total. The van der Waals surface area contributed by atoms with Crippen LogP contribution < -0.4 is 10.6 Å². The van der Waals surface area contributed by atoms with Gasteiger partial charge in [-0.15, -0.1) is 0 Å². The van der Waals surface area contributed by atoms with Gasteiger partial charge in [0.25, 0.3) is 0 Å². The number of hydrogen-bond donors (Lipinski definition) is 3. The summed E-state index contributed by atoms with van der Waals surface area (Å²) in [6, 6.07) is 15.4. The first-order chi connectivity index (χ1) is 18.2. The van der Waals surface area contributed by atoms with Crippen LogP contribution in [0.25, 0.3) is 0 Å². The summed E-state index contributed by atoms with van der Waals surface area (Å²) in [5.74, 6) is -3.62. The summed E-state index contributed by atoms with van der Waals surface area (Å²) in [4.78, 5) is 29.0. The Morgan fingerprint density at radius 1 is 1.11 bits per heavy atom. The maximum atomic E-state index is 14.1. The van der Waals surface area contributed by atoms with E-state index in [2.05, 4.69) is 17.2 Å². The number of allylic oxidation sites excluding steroid dienone is 1. The number of halogens is 2. The molecular formula is C30H37F2N3O3. The van der Waals surface area contributed by atoms with Crippen molar-refractivity contribution in [3.63, 3.8) is 0 Å². The van der Waals surface area contributed by atoms with Crippen LogP contribution in [0, 0.1) is 11.8 Å². The third kappa shape index (κ3) is 7.55. The number of piperidine rings is 1. The third-order valence-electron chi connectivity index (χ3n) is 7.64. The van der Waals surface area contributed by atoms with Gasteiger partial charge >= 0.3 is 0 Å². The van der Waals surface area contributed by atoms with Crippen molar-refractivity contribution in [2.24, 2.45) is 11.8 Å². The predicted octanol–water partition coefficient (Wildman–Crippen LogP) is 4.79. The minimum Gasteiger partial charge on any atom is -0.508 e. The zero-order valence-corrected chi connectivity index (χ0v) is 21.7. The Labute approximate surface area is 223 Å². The van der Waals surface area contributed by atoms with E-state index in [9.17, 15) is 23.5 Å². The summed E-state index contributed by atoms with van der Waals surface area (Å²) in [6.07, 6.45) is 1.79. The third-order valence-corrected chi connectivity index (χ3v) is 7.64. The summed E-state index contributed by atoms with van der Waals surface area (Å²) in [7, 11) is 0. The molecule has 0 radical (unpaired) electrons. The van der Waals surface area contributed by atoms with Crippen LogP contribution in [0.2, 0.25) is 0 Å². The minimum atomic E-state index is -2.74. The fraction of sp³-hybridized carbons (Fsp3) is 0.467. The van der Waals surface area contributed by atoms with E-state index in [1.807, 2.05) is 30.3 Å². The number of aromatic hydroxyl groups is 1. The molecule has 0 bridgehead atoms. The molecule has 1 saturated carbocycles. The van der Waals surface area contributed by atoms with Gasteiger partial charge in [-0.25, -0.2) is 8.78 Å². The zero-order chi connectivity index (χ0) is 27.1. The Morgan fingerprint density at radius 2 is 1.84 bits per heavy atom. The van der Waals surface area contributed by atoms with E-state index < -0.39 is 12.0 Å². The van der Waals surface area contributed by atoms with E-state index in [1.165, 1.54) is 0 Å². The molecule has 1 heterocycles. The second-order valence-corrected chi connectivity index (χ2v) is 10.6. The molecule has 3 atom stereocenters. The average Bonchev–Trinajstić information content (AvgIpc) is 3.26. The smallest absolute Gasteiger partial charge is 0.248 e. The normalized spacial score (nSPS) is 21.4. The van der Waals surface area contributed by atoms with Gasteiger partial charge in [-0.05, 0) is 54.9 Å². The molecule has 0 spiro atoms. The molecule has 38 heavy (non-hydrogen) atoms. The second kappa shape index (κ2) is 12.4. The van der Waals surface area contributed by atoms with Gasteiger partial charge in [0, 0.05) is 50.5 Å². The number of nitrogens with zero attached hydrogens (tertiary/aromatic N) is 1. The van der Waals surface area contributed by atoms with E-state index in [0.717, 1.165) is 16.8 Å². The number of aryl methyl sites for hydroxylation is 1. The number of carbonyl (C=O) groups is 2. The van der Waals surface area contributed by atoms with Gasteiger partial charge in [-0.2, -0.15) is 0 Å². The molecule has 3 unspecified atom stereocenters. The Bertz CT molecular complexity index is 1100. The van der Waals surface area contributed by atoms with Crippen molar-refractivity contribution in [2.75, 3.05) is 13.1 Å². The molecule has 0 aromatic heterocycles. The molecule has 2 aromatic carbocycles. The van der Waals surface area contributed by atoms with Crippen molar-refractivity contribution in [2.45, 2.75) is 63.5 Å². The van der Waals surface area contributed by atoms with Crippen LogP contribution in [0.3, 0.4) is 0 Å². The van der Waals surface area contributed by atoms with Gasteiger partial charge in [-0.3, -0.25) is 9.59 Å². The van der Waals surface area contributed by atoms with Crippen LogP contribution in [0.15, 0.2) is 66.9 Å². The number of nitrogens with one attached hydrogen (secondary N) is 2. The standard InChI is InChI=1S/C30H37F2N3O3/c1-21-7-11-25(19-33-21)28(29(38)34-18-23-5-3-2-4-6-23)35(20-24-15-16-30(31,32)17-24)27(37)14-10-22-8-12-26(36)13-9-22/h2-6,8-9,12-13,24-25,28,33,36H,1,7,10-11,14-20H2,(H,34,38). The number of carbonyl (C=O) groups excluding carboxylic acids is 2. The highest BCUT2D eigenvalue weighted by Gasteiger charge is 2.43. The van der Waals surface area contributed by atoms with Gasteiger partial charge < -0.3 is 20.6 Å². The van der Waals surface area contributed by atoms with E-state index in [1.54, 1.807) is 29.2 Å². The highest BCUT2D eigenvalue weighted by molar-refractivity contribution is 5.88. The largest absolute Gasteiger partial charge is 0.508 e. The first-order valence-electron chi connectivity index (χ1n) is 13.4. The van der Waals surface area contributed by atoms with Crippen molar-refractivity contribution in [3.8, 4) is 5.75 Å². The molecule has 2 aromatic rings. The lowest BCUT2D eigenvalue weighted by Gasteiger charge is -2.40. The Hall–Kier alpha value is -3.42. The molecule has 2 fully saturated rings. The maximum Gasteiger partial charge on any atom is 0.248 e. The van der Waals surface area contributed by atoms with E-state index in [-0.39, 0.29) is 55.2 Å². The van der Waals surface area contributed by atoms with Gasteiger partial charge in [0.2, 0.25) is 17.7 Å². The van der Waals surface area contributed by atoms with Crippen LogP contribution >= 0.6 is 0 Å². The van der Waals surface area contributed by atoms with Crippen molar-refractivity contribution < 1.29 is 23.5 Å². The lowest BCUT2D eigenvalue weighted by atomic mass is 9.87. The van der Waals surface area contributed by atoms with Crippen LogP contribution in [-0.4, -0.2) is 46.9 Å². The summed E-state index contributed by atoms with van der Waals surface area (Å²) < 4.78 is 28.2. The molecule has 2 aliphatic rings. The molecule has 1 saturated heterocycles. The van der Waals surface area contributed by atoms with Gasteiger partial charge in [0.05, 0.1) is 0 Å². The Kier molecular flexibility index (Phi) is 9.02. The average molecular weight is 526 g/mol. The zero-order valence-electron chi connectivity index (χ0n) is 21.7. The van der Waals surface area contributed by atoms with Crippen LogP contribution in [-0.2, 0) is 22.6 Å². The maximum absolute atomic E-state index is 14.1. The second-order valence-electron chi connectivity index (χ2n) is 10.6. The molecule has 2 amide bonds. The van der Waals surface area contributed by atoms with Crippen molar-refractivity contribution in [3.05, 3.63) is 78.0 Å². The molecule has 3 N–H and O–H groups in total. The SMILES string of the molecule is C=C1CCC(C(C(=O)NCc2ccccc2)N(CC2CCC(F)(F)C2)C(=O)CCc2ccc(O)cc2)CN1. The number of rotatable bonds is 10. The number of alkyl halides is 2. The number of phenolic OH excluding ortho intramolecular Hbond substituents is 1. The predicted molar refractivity (Wildman–Crippen MR) is 142 cm³/mol. The quantitative estimate of drug-likeness (QED) is 0.417. The Morgan fingerprint density at radius 3 is 2.47 bits per heavy atom. The van der Waals surface area contributed by atoms with E-state index >= 15 is 0 Å². The molecule has 1 aliphatic heterocycles. The summed E-state index contributed by atoms with van der Waals surface area (Å²) in [6.45, 7) is 4.92. The van der Waals surface area contributed by atoms with Gasteiger partial charge in [0.1, 0.15) is 11.8 Å². The monoisotopic (exact) mass is 525 g/mol. The van der Waals surface area contributed by atoms with Gasteiger partial charge in [0.15, 0.2) is 0 Å². The molecule has 1 aliphatic carbocycles. The van der Waals surface area contributed by atoms with E-state index in [0.29, 0.717) is 38.8 Å². The van der Waals surface area contributed by atoms with Crippen molar-refractivity contribution in [1.29, 1.82) is 0 Å². The lowest BCUT2D eigenvalue weighted by Crippen LogP contribution is -2.57. The lowest BCUT2D eigenvalue weighted by molar-refractivity contribution is -0.144. The van der Waals surface area contributed by atoms with Crippen LogP contribution in [0.1, 0.15) is 49.7 Å². The molecular weight excluding hydrogens is 488 g/mol. The van der Waals surface area contributed by atoms with Crippen molar-refractivity contribution >= 4 is 11.8 Å². The summed E-state index contributed by atoms with van der Waals surface area (Å²) in [5, 5.41) is 15.8. The fourth-order valence-corrected chi connectivity index (χ4v) is 5.50. The summed E-state index contributed by atoms with van der Waals surface area (Å²) in [5.41, 5.74) is 2.71. The number of amides is 2. The summed E-state index contributed by atoms with van der Waals surface area (Å²) >= 11 is 0. The van der Waals surface area contributed by atoms with Crippen molar-refractivity contribution in [1.82, 2.24) is 15.5 Å². The van der Waals surface area contributed by atoms with E-state index in [4.69, 9.17) is 0 Å². The Balaban J connectivity index is 1.56. The minimum absolute atomic E-state index is 0.130. The topological polar surface area (TPSA) is 81.7 Å². The molecule has 8 heteroatoms. The van der Waals surface area contributed by atoms with Crippen LogP contribution in [0.5, 0.6) is 5.75 Å².